The maximum absolute atomic E-state index is 12.7. The molecule has 2 N–H and O–H groups in total. The number of carbonyl (C=O) groups is 3. The molecule has 3 aromatic carbocycles. The zero-order valence-corrected chi connectivity index (χ0v) is 18.2. The van der Waals surface area contributed by atoms with Gasteiger partial charge in [0.05, 0.1) is 5.92 Å². The predicted octanol–water partition coefficient (Wildman–Crippen LogP) is 4.89. The number of amides is 3. The molecule has 1 aliphatic heterocycles. The maximum atomic E-state index is 12.7. The molecule has 1 atom stereocenters. The number of aryl methyl sites for hydroxylation is 1. The van der Waals surface area contributed by atoms with Gasteiger partial charge in [0.1, 0.15) is 0 Å². The van der Waals surface area contributed by atoms with Crippen molar-refractivity contribution in [3.63, 3.8) is 0 Å². The quantitative estimate of drug-likeness (QED) is 0.584. The first-order chi connectivity index (χ1) is 15.4. The first-order valence-electron chi connectivity index (χ1n) is 10.2. The fourth-order valence-corrected chi connectivity index (χ4v) is 3.77. The molecule has 32 heavy (non-hydrogen) atoms. The van der Waals surface area contributed by atoms with Crippen LogP contribution in [0.4, 0.5) is 17.1 Å². The average molecular weight is 448 g/mol. The van der Waals surface area contributed by atoms with Crippen LogP contribution in [0.3, 0.4) is 0 Å². The Morgan fingerprint density at radius 2 is 1.72 bits per heavy atom. The van der Waals surface area contributed by atoms with Gasteiger partial charge in [-0.1, -0.05) is 41.9 Å². The number of anilines is 3. The van der Waals surface area contributed by atoms with Crippen molar-refractivity contribution in [3.8, 4) is 0 Å². The lowest BCUT2D eigenvalue weighted by atomic mass is 10.1. The number of nitrogens with zero attached hydrogens (tertiary/aromatic N) is 1. The summed E-state index contributed by atoms with van der Waals surface area (Å²) < 4.78 is 0. The molecule has 0 radical (unpaired) electrons. The molecule has 3 aromatic rings. The van der Waals surface area contributed by atoms with Gasteiger partial charge in [0.2, 0.25) is 11.8 Å². The van der Waals surface area contributed by atoms with E-state index in [9.17, 15) is 14.4 Å². The van der Waals surface area contributed by atoms with Crippen molar-refractivity contribution in [2.75, 3.05) is 22.1 Å². The molecule has 4 rings (SSSR count). The highest BCUT2D eigenvalue weighted by atomic mass is 35.5. The Morgan fingerprint density at radius 1 is 0.938 bits per heavy atom. The molecule has 162 valence electrons. The number of hydrogen-bond acceptors (Lipinski definition) is 3. The van der Waals surface area contributed by atoms with E-state index in [0.717, 1.165) is 5.56 Å². The Morgan fingerprint density at radius 3 is 2.47 bits per heavy atom. The van der Waals surface area contributed by atoms with E-state index in [2.05, 4.69) is 10.6 Å². The van der Waals surface area contributed by atoms with E-state index in [-0.39, 0.29) is 30.7 Å². The van der Waals surface area contributed by atoms with E-state index >= 15 is 0 Å². The lowest BCUT2D eigenvalue weighted by Gasteiger charge is -2.18. The second-order valence-corrected chi connectivity index (χ2v) is 8.14. The van der Waals surface area contributed by atoms with Crippen LogP contribution in [0.1, 0.15) is 22.3 Å². The Labute approximate surface area is 191 Å². The molecule has 1 fully saturated rings. The van der Waals surface area contributed by atoms with Gasteiger partial charge in [-0.25, -0.2) is 0 Å². The van der Waals surface area contributed by atoms with Gasteiger partial charge < -0.3 is 15.5 Å². The maximum Gasteiger partial charge on any atom is 0.255 e. The molecular formula is C25H22ClN3O3. The van der Waals surface area contributed by atoms with Crippen LogP contribution >= 0.6 is 11.6 Å². The van der Waals surface area contributed by atoms with E-state index in [1.54, 1.807) is 53.4 Å². The van der Waals surface area contributed by atoms with Gasteiger partial charge in [-0.2, -0.15) is 0 Å². The van der Waals surface area contributed by atoms with E-state index in [4.69, 9.17) is 11.6 Å². The van der Waals surface area contributed by atoms with Crippen LogP contribution in [0, 0.1) is 12.8 Å². The minimum atomic E-state index is -0.496. The number of benzene rings is 3. The molecule has 1 heterocycles. The van der Waals surface area contributed by atoms with Crippen molar-refractivity contribution >= 4 is 46.4 Å². The summed E-state index contributed by atoms with van der Waals surface area (Å²) in [5, 5.41) is 6.23. The molecule has 6 nitrogen and oxygen atoms in total. The zero-order chi connectivity index (χ0) is 22.7. The number of hydrogen-bond donors (Lipinski definition) is 2. The van der Waals surface area contributed by atoms with E-state index in [1.807, 2.05) is 31.2 Å². The Kier molecular flexibility index (Phi) is 6.23. The van der Waals surface area contributed by atoms with Gasteiger partial charge in [0.15, 0.2) is 0 Å². The summed E-state index contributed by atoms with van der Waals surface area (Å²) in [4.78, 5) is 39.5. The van der Waals surface area contributed by atoms with Crippen LogP contribution in [-0.2, 0) is 9.59 Å². The summed E-state index contributed by atoms with van der Waals surface area (Å²) in [5.41, 5.74) is 3.22. The summed E-state index contributed by atoms with van der Waals surface area (Å²) in [6.07, 6.45) is 0.103. The summed E-state index contributed by atoms with van der Waals surface area (Å²) in [6, 6.07) is 21.3. The van der Waals surface area contributed by atoms with Crippen LogP contribution in [0.2, 0.25) is 5.02 Å². The number of para-hydroxylation sites is 1. The summed E-state index contributed by atoms with van der Waals surface area (Å²) in [7, 11) is 0. The summed E-state index contributed by atoms with van der Waals surface area (Å²) >= 11 is 6.13. The van der Waals surface area contributed by atoms with Gasteiger partial charge in [0, 0.05) is 40.6 Å². The SMILES string of the molecule is Cc1ccc(NC(=O)C2CC(=O)N(c3cccc(C(=O)Nc4ccccc4)c3)C2)cc1Cl. The molecule has 0 aromatic heterocycles. The van der Waals surface area contributed by atoms with Crippen LogP contribution < -0.4 is 15.5 Å². The Bertz CT molecular complexity index is 1180. The van der Waals surface area contributed by atoms with E-state index in [1.165, 1.54) is 0 Å². The van der Waals surface area contributed by atoms with Crippen LogP contribution in [-0.4, -0.2) is 24.3 Å². The van der Waals surface area contributed by atoms with Crippen molar-refractivity contribution in [2.24, 2.45) is 5.92 Å². The standard InChI is InChI=1S/C25H22ClN3O3/c1-16-10-11-20(14-22(16)26)28-25(32)18-13-23(30)29(15-18)21-9-5-6-17(12-21)24(31)27-19-7-3-2-4-8-19/h2-12,14,18H,13,15H2,1H3,(H,27,31)(H,28,32). The summed E-state index contributed by atoms with van der Waals surface area (Å²) in [5.74, 6) is -1.16. The lowest BCUT2D eigenvalue weighted by Crippen LogP contribution is -2.28. The zero-order valence-electron chi connectivity index (χ0n) is 17.5. The third-order valence-corrected chi connectivity index (χ3v) is 5.79. The van der Waals surface area contributed by atoms with Gasteiger partial charge >= 0.3 is 0 Å². The van der Waals surface area contributed by atoms with Crippen molar-refractivity contribution in [1.82, 2.24) is 0 Å². The van der Waals surface area contributed by atoms with Gasteiger partial charge in [-0.05, 0) is 55.0 Å². The van der Waals surface area contributed by atoms with Gasteiger partial charge in [-0.3, -0.25) is 14.4 Å². The molecule has 0 spiro atoms. The Hall–Kier alpha value is -3.64. The second-order valence-electron chi connectivity index (χ2n) is 7.73. The van der Waals surface area contributed by atoms with Crippen molar-refractivity contribution in [3.05, 3.63) is 88.9 Å². The molecule has 1 aliphatic rings. The predicted molar refractivity (Wildman–Crippen MR) is 126 cm³/mol. The first-order valence-corrected chi connectivity index (χ1v) is 10.6. The molecule has 7 heteroatoms. The van der Waals surface area contributed by atoms with Gasteiger partial charge in [-0.15, -0.1) is 0 Å². The van der Waals surface area contributed by atoms with Crippen molar-refractivity contribution < 1.29 is 14.4 Å². The second kappa shape index (κ2) is 9.24. The monoisotopic (exact) mass is 447 g/mol. The van der Waals surface area contributed by atoms with E-state index in [0.29, 0.717) is 27.6 Å². The van der Waals surface area contributed by atoms with Crippen LogP contribution in [0.25, 0.3) is 0 Å². The minimum Gasteiger partial charge on any atom is -0.326 e. The molecular weight excluding hydrogens is 426 g/mol. The highest BCUT2D eigenvalue weighted by Gasteiger charge is 2.35. The van der Waals surface area contributed by atoms with Crippen molar-refractivity contribution in [1.29, 1.82) is 0 Å². The molecule has 3 amide bonds. The number of nitrogens with one attached hydrogen (secondary N) is 2. The largest absolute Gasteiger partial charge is 0.326 e. The summed E-state index contributed by atoms with van der Waals surface area (Å²) in [6.45, 7) is 2.13. The minimum absolute atomic E-state index is 0.103. The average Bonchev–Trinajstić information content (AvgIpc) is 3.19. The number of carbonyl (C=O) groups excluding carboxylic acids is 3. The highest BCUT2D eigenvalue weighted by molar-refractivity contribution is 6.31. The molecule has 0 aliphatic carbocycles. The molecule has 0 saturated carbocycles. The molecule has 1 unspecified atom stereocenters. The molecule has 0 bridgehead atoms. The topological polar surface area (TPSA) is 78.5 Å². The molecule has 1 saturated heterocycles. The van der Waals surface area contributed by atoms with E-state index < -0.39 is 5.92 Å². The van der Waals surface area contributed by atoms with Gasteiger partial charge in [0.25, 0.3) is 5.91 Å². The van der Waals surface area contributed by atoms with Crippen molar-refractivity contribution in [2.45, 2.75) is 13.3 Å². The highest BCUT2D eigenvalue weighted by Crippen LogP contribution is 2.28. The normalized spacial score (nSPS) is 15.5. The fraction of sp³-hybridized carbons (Fsp3) is 0.160. The third-order valence-electron chi connectivity index (χ3n) is 5.39. The first kappa shape index (κ1) is 21.6. The number of halogens is 1. The third kappa shape index (κ3) is 4.81. The lowest BCUT2D eigenvalue weighted by molar-refractivity contribution is -0.122. The number of rotatable bonds is 5. The fourth-order valence-electron chi connectivity index (χ4n) is 3.59. The smallest absolute Gasteiger partial charge is 0.255 e. The van der Waals surface area contributed by atoms with Crippen LogP contribution in [0.15, 0.2) is 72.8 Å². The van der Waals surface area contributed by atoms with Crippen LogP contribution in [0.5, 0.6) is 0 Å². The Balaban J connectivity index is 1.44.